The number of carbonyl (C=O) groups is 1. The summed E-state index contributed by atoms with van der Waals surface area (Å²) in [5.41, 5.74) is 0.00866. The Morgan fingerprint density at radius 3 is 2.23 bits per heavy atom. The van der Waals surface area contributed by atoms with Crippen LogP contribution >= 0.6 is 0 Å². The summed E-state index contributed by atoms with van der Waals surface area (Å²) in [5.74, 6) is 0.0847. The molecule has 4 saturated carbocycles. The zero-order chi connectivity index (χ0) is 25.8. The van der Waals surface area contributed by atoms with E-state index in [9.17, 15) is 25.2 Å². The highest BCUT2D eigenvalue weighted by Crippen LogP contribution is 2.75. The van der Waals surface area contributed by atoms with Crippen molar-refractivity contribution in [2.75, 3.05) is 6.61 Å². The molecule has 0 amide bonds. The summed E-state index contributed by atoms with van der Waals surface area (Å²) < 4.78 is 0. The summed E-state index contributed by atoms with van der Waals surface area (Å²) in [6, 6.07) is 0. The van der Waals surface area contributed by atoms with E-state index in [2.05, 4.69) is 40.7 Å². The van der Waals surface area contributed by atoms with Gasteiger partial charge in [-0.3, -0.25) is 4.79 Å². The summed E-state index contributed by atoms with van der Waals surface area (Å²) in [6.07, 6.45) is 9.24. The molecule has 0 saturated heterocycles. The van der Waals surface area contributed by atoms with Gasteiger partial charge in [0.25, 0.3) is 0 Å². The largest absolute Gasteiger partial charge is 0.481 e. The van der Waals surface area contributed by atoms with Crippen LogP contribution in [0.1, 0.15) is 99.3 Å². The van der Waals surface area contributed by atoms with Crippen LogP contribution in [-0.2, 0) is 4.79 Å². The molecule has 0 aromatic rings. The predicted molar refractivity (Wildman–Crippen MR) is 135 cm³/mol. The number of aliphatic hydroxyl groups excluding tert-OH is 3. The minimum absolute atomic E-state index is 0.00145. The maximum absolute atomic E-state index is 12.3. The zero-order valence-electron chi connectivity index (χ0n) is 22.7. The van der Waals surface area contributed by atoms with Crippen molar-refractivity contribution in [1.82, 2.24) is 0 Å². The normalized spacial score (nSPS) is 57.7. The van der Waals surface area contributed by atoms with Gasteiger partial charge < -0.3 is 20.4 Å². The molecule has 4 fully saturated rings. The van der Waals surface area contributed by atoms with Gasteiger partial charge in [-0.25, -0.2) is 0 Å². The van der Waals surface area contributed by atoms with Crippen molar-refractivity contribution in [3.05, 3.63) is 11.6 Å². The third-order valence-electron chi connectivity index (χ3n) is 13.6. The van der Waals surface area contributed by atoms with Gasteiger partial charge in [-0.2, -0.15) is 0 Å². The minimum Gasteiger partial charge on any atom is -0.481 e. The van der Waals surface area contributed by atoms with Gasteiger partial charge in [0.2, 0.25) is 0 Å². The lowest BCUT2D eigenvalue weighted by atomic mass is 9.33. The van der Waals surface area contributed by atoms with Crippen LogP contribution < -0.4 is 0 Å². The first kappa shape index (κ1) is 25.7. The number of aliphatic hydroxyl groups is 3. The molecule has 0 unspecified atom stereocenters. The lowest BCUT2D eigenvalue weighted by Crippen LogP contribution is -2.66. The van der Waals surface area contributed by atoms with E-state index in [1.807, 2.05) is 0 Å². The molecule has 5 aliphatic carbocycles. The van der Waals surface area contributed by atoms with Gasteiger partial charge >= 0.3 is 5.97 Å². The van der Waals surface area contributed by atoms with Gasteiger partial charge in [0.05, 0.1) is 24.2 Å². The Bertz CT molecular complexity index is 945. The van der Waals surface area contributed by atoms with Crippen LogP contribution in [0.5, 0.6) is 0 Å². The summed E-state index contributed by atoms with van der Waals surface area (Å²) in [4.78, 5) is 12.3. The Balaban J connectivity index is 1.57. The highest BCUT2D eigenvalue weighted by atomic mass is 16.4. The van der Waals surface area contributed by atoms with Crippen LogP contribution in [0.25, 0.3) is 0 Å². The Morgan fingerprint density at radius 1 is 0.914 bits per heavy atom. The molecule has 4 N–H and O–H groups in total. The van der Waals surface area contributed by atoms with Gasteiger partial charge in [0.15, 0.2) is 0 Å². The van der Waals surface area contributed by atoms with Crippen LogP contribution in [0.15, 0.2) is 11.6 Å². The minimum atomic E-state index is -1.10. The van der Waals surface area contributed by atoms with Crippen molar-refractivity contribution >= 4 is 5.97 Å². The fraction of sp³-hybridized carbons (Fsp3) is 0.900. The molecular weight excluding hydrogens is 440 g/mol. The molecular formula is C30H48O5. The maximum Gasteiger partial charge on any atom is 0.312 e. The average molecular weight is 489 g/mol. The molecule has 11 atom stereocenters. The summed E-state index contributed by atoms with van der Waals surface area (Å²) in [5, 5.41) is 42.3. The molecule has 5 heteroatoms. The number of rotatable bonds is 2. The molecule has 0 heterocycles. The van der Waals surface area contributed by atoms with Crippen molar-refractivity contribution in [1.29, 1.82) is 0 Å². The second kappa shape index (κ2) is 7.57. The lowest BCUT2D eigenvalue weighted by molar-refractivity contribution is -0.217. The van der Waals surface area contributed by atoms with Crippen LogP contribution in [0.2, 0.25) is 0 Å². The molecule has 5 nitrogen and oxygen atoms in total. The lowest BCUT2D eigenvalue weighted by Gasteiger charge is -2.71. The van der Waals surface area contributed by atoms with E-state index in [0.29, 0.717) is 24.7 Å². The molecule has 0 radical (unpaired) electrons. The third kappa shape index (κ3) is 3.01. The fourth-order valence-electron chi connectivity index (χ4n) is 10.7. The van der Waals surface area contributed by atoms with Crippen molar-refractivity contribution < 1.29 is 25.2 Å². The van der Waals surface area contributed by atoms with E-state index < -0.39 is 29.0 Å². The second-order valence-corrected chi connectivity index (χ2v) is 14.9. The Kier molecular flexibility index (Phi) is 5.56. The number of hydrogen-bond donors (Lipinski definition) is 4. The molecule has 35 heavy (non-hydrogen) atoms. The number of carboxylic acids is 1. The standard InChI is InChI=1S/C30H48O5/c1-25-13-14-29(5)18(19(25)15-27(3,24(34)35)23(33)16-25)7-8-21-26(2)11-10-22(32)28(4,17-31)20(26)9-12-30(21,29)6/h7,19-23,31-33H,8-17H2,1-6H3,(H,34,35)/t19-,20+,21+,22-,23+,25-,26-,27-,28+,29+,30+/m0/s1. The number of allylic oxidation sites excluding steroid dienone is 2. The first-order valence-electron chi connectivity index (χ1n) is 14.0. The molecule has 0 aliphatic heterocycles. The van der Waals surface area contributed by atoms with Gasteiger partial charge in [-0.1, -0.05) is 46.3 Å². The van der Waals surface area contributed by atoms with Crippen molar-refractivity contribution in [2.24, 2.45) is 50.2 Å². The number of fused-ring (bicyclic) bond motifs is 7. The van der Waals surface area contributed by atoms with Crippen molar-refractivity contribution in [3.8, 4) is 0 Å². The van der Waals surface area contributed by atoms with Gasteiger partial charge in [-0.05, 0) is 104 Å². The van der Waals surface area contributed by atoms with E-state index in [-0.39, 0.29) is 34.2 Å². The topological polar surface area (TPSA) is 98.0 Å². The zero-order valence-corrected chi connectivity index (χ0v) is 22.7. The van der Waals surface area contributed by atoms with Crippen LogP contribution in [0.3, 0.4) is 0 Å². The highest BCUT2D eigenvalue weighted by Gasteiger charge is 2.69. The summed E-state index contributed by atoms with van der Waals surface area (Å²) in [7, 11) is 0. The van der Waals surface area contributed by atoms with E-state index >= 15 is 0 Å². The molecule has 5 aliphatic rings. The van der Waals surface area contributed by atoms with E-state index in [0.717, 1.165) is 44.9 Å². The third-order valence-corrected chi connectivity index (χ3v) is 13.6. The highest BCUT2D eigenvalue weighted by molar-refractivity contribution is 5.75. The maximum atomic E-state index is 12.3. The van der Waals surface area contributed by atoms with Gasteiger partial charge in [0.1, 0.15) is 0 Å². The molecule has 0 spiro atoms. The second-order valence-electron chi connectivity index (χ2n) is 14.9. The summed E-state index contributed by atoms with van der Waals surface area (Å²) >= 11 is 0. The average Bonchev–Trinajstić information content (AvgIpc) is 2.79. The summed E-state index contributed by atoms with van der Waals surface area (Å²) in [6.45, 7) is 13.6. The smallest absolute Gasteiger partial charge is 0.312 e. The number of hydrogen-bond acceptors (Lipinski definition) is 4. The van der Waals surface area contributed by atoms with E-state index in [4.69, 9.17) is 0 Å². The molecule has 0 bridgehead atoms. The first-order chi connectivity index (χ1) is 16.1. The predicted octanol–water partition coefficient (Wildman–Crippen LogP) is 5.18. The number of carboxylic acid groups (broad SMARTS) is 1. The molecule has 5 rings (SSSR count). The SMILES string of the molecule is C[C@@]12CC[C@]3(C)C(=CC[C@@H]4[C@@]5(C)CC[C@H](O)[C@](C)(CO)[C@@H]5CC[C@]43C)[C@@H]1C[C@](C)(C(=O)O)[C@H](O)C2. The van der Waals surface area contributed by atoms with Gasteiger partial charge in [0, 0.05) is 5.41 Å². The van der Waals surface area contributed by atoms with Crippen molar-refractivity contribution in [3.63, 3.8) is 0 Å². The van der Waals surface area contributed by atoms with E-state index in [1.54, 1.807) is 6.92 Å². The quantitative estimate of drug-likeness (QED) is 0.402. The van der Waals surface area contributed by atoms with Crippen molar-refractivity contribution in [2.45, 2.75) is 112 Å². The van der Waals surface area contributed by atoms with Crippen LogP contribution in [0.4, 0.5) is 0 Å². The van der Waals surface area contributed by atoms with Gasteiger partial charge in [-0.15, -0.1) is 0 Å². The Morgan fingerprint density at radius 2 is 1.60 bits per heavy atom. The molecule has 0 aromatic heterocycles. The Labute approximate surface area is 211 Å². The molecule has 0 aromatic carbocycles. The number of aliphatic carboxylic acids is 1. The molecule has 198 valence electrons. The van der Waals surface area contributed by atoms with Crippen LogP contribution in [0, 0.1) is 50.2 Å². The fourth-order valence-corrected chi connectivity index (χ4v) is 10.7. The monoisotopic (exact) mass is 488 g/mol. The van der Waals surface area contributed by atoms with Crippen LogP contribution in [-0.4, -0.2) is 45.2 Å². The first-order valence-corrected chi connectivity index (χ1v) is 14.0. The Hall–Kier alpha value is -0.910. The van der Waals surface area contributed by atoms with E-state index in [1.165, 1.54) is 5.57 Å².